The van der Waals surface area contributed by atoms with Gasteiger partial charge >= 0.3 is 5.97 Å². The van der Waals surface area contributed by atoms with Gasteiger partial charge in [-0.2, -0.15) is 5.26 Å². The van der Waals surface area contributed by atoms with Crippen LogP contribution in [-0.4, -0.2) is 17.6 Å². The molecule has 0 saturated carbocycles. The third kappa shape index (κ3) is 2.86. The molecule has 0 radical (unpaired) electrons. The zero-order chi connectivity index (χ0) is 15.4. The summed E-state index contributed by atoms with van der Waals surface area (Å²) in [6.45, 7) is 3.72. The number of rotatable bonds is 3. The van der Waals surface area contributed by atoms with E-state index in [2.05, 4.69) is 4.98 Å². The van der Waals surface area contributed by atoms with Crippen LogP contribution in [-0.2, 0) is 4.74 Å². The minimum atomic E-state index is -0.461. The van der Waals surface area contributed by atoms with Gasteiger partial charge in [-0.25, -0.2) is 4.79 Å². The summed E-state index contributed by atoms with van der Waals surface area (Å²) in [7, 11) is 0. The SMILES string of the molecule is CCOC(=O)c1c(-c2ccccc2)[nH]c(=S)c(C#N)c1C. The van der Waals surface area contributed by atoms with E-state index in [-0.39, 0.29) is 6.61 Å². The standard InChI is InChI=1S/C16H14N2O2S/c1-3-20-16(19)13-10(2)12(9-17)15(21)18-14(13)11-7-5-4-6-8-11/h4-8H,3H2,1-2H3,(H,18,21). The molecule has 1 heterocycles. The summed E-state index contributed by atoms with van der Waals surface area (Å²) in [4.78, 5) is 15.2. The van der Waals surface area contributed by atoms with Crippen molar-refractivity contribution >= 4 is 18.2 Å². The number of esters is 1. The molecule has 4 nitrogen and oxygen atoms in total. The van der Waals surface area contributed by atoms with Gasteiger partial charge in [0.05, 0.1) is 23.4 Å². The predicted octanol–water partition coefficient (Wildman–Crippen LogP) is 3.77. The first kappa shape index (κ1) is 14.9. The topological polar surface area (TPSA) is 65.9 Å². The largest absolute Gasteiger partial charge is 0.462 e. The van der Waals surface area contributed by atoms with Crippen molar-refractivity contribution in [2.24, 2.45) is 0 Å². The molecule has 1 aromatic heterocycles. The average molecular weight is 298 g/mol. The number of H-pyrrole nitrogens is 1. The minimum absolute atomic E-state index is 0.268. The third-order valence-corrected chi connectivity index (χ3v) is 3.43. The molecular formula is C16H14N2O2S. The predicted molar refractivity (Wildman–Crippen MR) is 82.5 cm³/mol. The second-order valence-electron chi connectivity index (χ2n) is 4.40. The van der Waals surface area contributed by atoms with E-state index in [1.54, 1.807) is 13.8 Å². The van der Waals surface area contributed by atoms with E-state index in [1.807, 2.05) is 36.4 Å². The number of hydrogen-bond acceptors (Lipinski definition) is 4. The summed E-state index contributed by atoms with van der Waals surface area (Å²) in [6.07, 6.45) is 0. The molecule has 2 aromatic rings. The van der Waals surface area contributed by atoms with Gasteiger partial charge in [0.25, 0.3) is 0 Å². The lowest BCUT2D eigenvalue weighted by molar-refractivity contribution is 0.0526. The molecule has 1 N–H and O–H groups in total. The number of aromatic amines is 1. The van der Waals surface area contributed by atoms with Crippen molar-refractivity contribution in [2.45, 2.75) is 13.8 Å². The Kier molecular flexibility index (Phi) is 4.51. The van der Waals surface area contributed by atoms with Gasteiger partial charge in [0.2, 0.25) is 0 Å². The summed E-state index contributed by atoms with van der Waals surface area (Å²) < 4.78 is 5.43. The van der Waals surface area contributed by atoms with E-state index in [4.69, 9.17) is 17.0 Å². The lowest BCUT2D eigenvalue weighted by Crippen LogP contribution is -2.11. The number of carbonyl (C=O) groups is 1. The number of carbonyl (C=O) groups excluding carboxylic acids is 1. The first-order valence-electron chi connectivity index (χ1n) is 6.49. The molecule has 2 rings (SSSR count). The smallest absolute Gasteiger partial charge is 0.340 e. The number of nitrogens with one attached hydrogen (secondary N) is 1. The Balaban J connectivity index is 2.79. The van der Waals surface area contributed by atoms with E-state index in [0.29, 0.717) is 27.0 Å². The van der Waals surface area contributed by atoms with Gasteiger partial charge in [0.1, 0.15) is 10.7 Å². The third-order valence-electron chi connectivity index (χ3n) is 3.12. The van der Waals surface area contributed by atoms with Crippen molar-refractivity contribution in [3.8, 4) is 17.3 Å². The maximum absolute atomic E-state index is 12.3. The van der Waals surface area contributed by atoms with Gasteiger partial charge in [-0.1, -0.05) is 42.5 Å². The van der Waals surface area contributed by atoms with Gasteiger partial charge in [-0.15, -0.1) is 0 Å². The molecule has 0 spiro atoms. The zero-order valence-electron chi connectivity index (χ0n) is 11.8. The van der Waals surface area contributed by atoms with Crippen LogP contribution in [0, 0.1) is 22.9 Å². The van der Waals surface area contributed by atoms with E-state index < -0.39 is 5.97 Å². The van der Waals surface area contributed by atoms with Crippen molar-refractivity contribution in [1.82, 2.24) is 4.98 Å². The molecule has 0 unspecified atom stereocenters. The molecule has 0 aliphatic rings. The number of hydrogen-bond donors (Lipinski definition) is 1. The van der Waals surface area contributed by atoms with Crippen LogP contribution in [0.2, 0.25) is 0 Å². The van der Waals surface area contributed by atoms with Crippen LogP contribution in [0.15, 0.2) is 30.3 Å². The maximum atomic E-state index is 12.3. The minimum Gasteiger partial charge on any atom is -0.462 e. The summed E-state index contributed by atoms with van der Waals surface area (Å²) >= 11 is 5.21. The Labute approximate surface area is 128 Å². The fourth-order valence-corrected chi connectivity index (χ4v) is 2.44. The molecule has 0 bridgehead atoms. The highest BCUT2D eigenvalue weighted by molar-refractivity contribution is 7.71. The molecule has 106 valence electrons. The van der Waals surface area contributed by atoms with Crippen LogP contribution in [0.3, 0.4) is 0 Å². The summed E-state index contributed by atoms with van der Waals surface area (Å²) in [6, 6.07) is 11.4. The van der Waals surface area contributed by atoms with Crippen molar-refractivity contribution in [1.29, 1.82) is 5.26 Å². The lowest BCUT2D eigenvalue weighted by Gasteiger charge is -2.13. The van der Waals surface area contributed by atoms with Crippen LogP contribution in [0.5, 0.6) is 0 Å². The van der Waals surface area contributed by atoms with E-state index in [0.717, 1.165) is 5.56 Å². The molecule has 0 aliphatic carbocycles. The van der Waals surface area contributed by atoms with Crippen molar-refractivity contribution in [3.63, 3.8) is 0 Å². The van der Waals surface area contributed by atoms with E-state index in [1.165, 1.54) is 0 Å². The zero-order valence-corrected chi connectivity index (χ0v) is 12.6. The number of pyridine rings is 1. The fraction of sp³-hybridized carbons (Fsp3) is 0.188. The summed E-state index contributed by atoms with van der Waals surface area (Å²) in [5.74, 6) is -0.461. The Bertz CT molecular complexity index is 773. The molecule has 5 heteroatoms. The Morgan fingerprint density at radius 3 is 2.62 bits per heavy atom. The molecule has 0 atom stereocenters. The molecule has 21 heavy (non-hydrogen) atoms. The fourth-order valence-electron chi connectivity index (χ4n) is 2.14. The highest BCUT2D eigenvalue weighted by Gasteiger charge is 2.21. The Morgan fingerprint density at radius 2 is 2.05 bits per heavy atom. The molecule has 1 aromatic carbocycles. The van der Waals surface area contributed by atoms with Crippen LogP contribution in [0.4, 0.5) is 0 Å². The molecular weight excluding hydrogens is 284 g/mol. The second-order valence-corrected chi connectivity index (χ2v) is 4.81. The summed E-state index contributed by atoms with van der Waals surface area (Å²) in [5, 5.41) is 9.21. The average Bonchev–Trinajstić information content (AvgIpc) is 2.48. The van der Waals surface area contributed by atoms with Crippen LogP contribution in [0.1, 0.15) is 28.4 Å². The number of aromatic nitrogens is 1. The van der Waals surface area contributed by atoms with E-state index >= 15 is 0 Å². The van der Waals surface area contributed by atoms with Gasteiger partial charge in [-0.3, -0.25) is 0 Å². The molecule has 0 fully saturated rings. The van der Waals surface area contributed by atoms with Crippen molar-refractivity contribution < 1.29 is 9.53 Å². The highest BCUT2D eigenvalue weighted by atomic mass is 32.1. The molecule has 0 aliphatic heterocycles. The van der Waals surface area contributed by atoms with Gasteiger partial charge < -0.3 is 9.72 Å². The van der Waals surface area contributed by atoms with E-state index in [9.17, 15) is 10.1 Å². The highest BCUT2D eigenvalue weighted by Crippen LogP contribution is 2.27. The second kappa shape index (κ2) is 6.33. The normalized spacial score (nSPS) is 9.95. The van der Waals surface area contributed by atoms with Crippen LogP contribution >= 0.6 is 12.2 Å². The maximum Gasteiger partial charge on any atom is 0.340 e. The first-order valence-corrected chi connectivity index (χ1v) is 6.90. The quantitative estimate of drug-likeness (QED) is 0.692. The van der Waals surface area contributed by atoms with Crippen molar-refractivity contribution in [3.05, 3.63) is 51.7 Å². The van der Waals surface area contributed by atoms with Gasteiger partial charge in [0.15, 0.2) is 0 Å². The van der Waals surface area contributed by atoms with Gasteiger partial charge in [-0.05, 0) is 25.0 Å². The Hall–Kier alpha value is -2.45. The summed E-state index contributed by atoms with van der Waals surface area (Å²) in [5.41, 5.74) is 2.59. The molecule has 0 saturated heterocycles. The number of nitriles is 1. The number of benzene rings is 1. The van der Waals surface area contributed by atoms with Crippen LogP contribution in [0.25, 0.3) is 11.3 Å². The number of nitrogens with zero attached hydrogens (tertiary/aromatic N) is 1. The molecule has 0 amide bonds. The van der Waals surface area contributed by atoms with Crippen LogP contribution < -0.4 is 0 Å². The number of ether oxygens (including phenoxy) is 1. The first-order chi connectivity index (χ1) is 10.1. The van der Waals surface area contributed by atoms with Crippen molar-refractivity contribution in [2.75, 3.05) is 6.61 Å². The Morgan fingerprint density at radius 1 is 1.38 bits per heavy atom. The monoisotopic (exact) mass is 298 g/mol. The van der Waals surface area contributed by atoms with Gasteiger partial charge in [0, 0.05) is 0 Å². The lowest BCUT2D eigenvalue weighted by atomic mass is 9.99.